The fourth-order valence-corrected chi connectivity index (χ4v) is 3.40. The van der Waals surface area contributed by atoms with Gasteiger partial charge in [-0.05, 0) is 13.3 Å². The van der Waals surface area contributed by atoms with Crippen LogP contribution >= 0.6 is 0 Å². The van der Waals surface area contributed by atoms with Crippen molar-refractivity contribution in [3.63, 3.8) is 0 Å². The molecule has 0 rings (SSSR count). The lowest BCUT2D eigenvalue weighted by Gasteiger charge is -2.34. The predicted molar refractivity (Wildman–Crippen MR) is 62.9 cm³/mol. The van der Waals surface area contributed by atoms with Gasteiger partial charge in [0, 0.05) is 34.4 Å². The molecule has 0 bridgehead atoms. The van der Waals surface area contributed by atoms with Crippen LogP contribution in [0.4, 0.5) is 4.79 Å². The molecule has 0 aromatic heterocycles. The van der Waals surface area contributed by atoms with Crippen LogP contribution in [0, 0.1) is 0 Å². The van der Waals surface area contributed by atoms with E-state index in [1.54, 1.807) is 0 Å². The average Bonchev–Trinajstić information content (AvgIpc) is 2.31. The van der Waals surface area contributed by atoms with E-state index in [1.165, 1.54) is 25.9 Å². The molecule has 7 heteroatoms. The van der Waals surface area contributed by atoms with Crippen LogP contribution in [0.5, 0.6) is 0 Å². The quantitative estimate of drug-likeness (QED) is 0.679. The average molecular weight is 250 g/mol. The molecule has 0 aromatic carbocycles. The van der Waals surface area contributed by atoms with E-state index in [0.29, 0.717) is 13.1 Å². The van der Waals surface area contributed by atoms with Gasteiger partial charge in [-0.2, -0.15) is 0 Å². The smallest absolute Gasteiger partial charge is 0.360 e. The van der Waals surface area contributed by atoms with Crippen LogP contribution in [0.3, 0.4) is 0 Å². The minimum absolute atomic E-state index is 0.221. The molecule has 0 aliphatic carbocycles. The van der Waals surface area contributed by atoms with Crippen molar-refractivity contribution in [3.05, 3.63) is 0 Å². The summed E-state index contributed by atoms with van der Waals surface area (Å²) in [5.74, 6) is 0. The fourth-order valence-electron chi connectivity index (χ4n) is 1.41. The summed E-state index contributed by atoms with van der Waals surface area (Å²) in [5, 5.41) is 2.72. The first kappa shape index (κ1) is 15.4. The van der Waals surface area contributed by atoms with Gasteiger partial charge in [0.1, 0.15) is 0 Å². The van der Waals surface area contributed by atoms with Gasteiger partial charge in [-0.25, -0.2) is 4.79 Å². The highest BCUT2D eigenvalue weighted by Crippen LogP contribution is 2.13. The summed E-state index contributed by atoms with van der Waals surface area (Å²) in [5.41, 5.74) is 0. The van der Waals surface area contributed by atoms with Crippen molar-refractivity contribution in [2.75, 3.05) is 34.4 Å². The van der Waals surface area contributed by atoms with Gasteiger partial charge in [0.15, 0.2) is 0 Å². The molecule has 0 aromatic rings. The Kier molecular flexibility index (Phi) is 7.31. The lowest BCUT2D eigenvalue weighted by Crippen LogP contribution is -2.63. The molecule has 0 saturated carbocycles. The Morgan fingerprint density at radius 2 is 1.69 bits per heavy atom. The Labute approximate surface area is 98.3 Å². The minimum Gasteiger partial charge on any atom is -0.360 e. The largest absolute Gasteiger partial charge is 0.636 e. The number of nitrogens with one attached hydrogen (secondary N) is 1. The molecule has 0 atom stereocenters. The number of rotatable bonds is 7. The van der Waals surface area contributed by atoms with Crippen molar-refractivity contribution in [2.45, 2.75) is 20.3 Å². The third kappa shape index (κ3) is 3.44. The Balaban J connectivity index is 4.90. The van der Waals surface area contributed by atoms with Gasteiger partial charge in [0.2, 0.25) is 0 Å². The number of carbonyl (C=O) groups is 1. The lowest BCUT2D eigenvalue weighted by atomic mass is 10.5. The summed E-state index contributed by atoms with van der Waals surface area (Å²) in [6, 6.07) is -0.221. The number of urea groups is 1. The summed E-state index contributed by atoms with van der Waals surface area (Å²) in [6.45, 7) is 4.93. The standard InChI is InChI=1S/C9H22N2O4Si/c1-6-8-11(9(12)10-7-2)16(13-3,14-4)15-5/h6-8H2,1-5H3,(H,10,12). The summed E-state index contributed by atoms with van der Waals surface area (Å²) < 4.78 is 17.3. The minimum atomic E-state index is -3.05. The van der Waals surface area contributed by atoms with Crippen LogP contribution in [0.2, 0.25) is 0 Å². The van der Waals surface area contributed by atoms with Crippen molar-refractivity contribution < 1.29 is 18.1 Å². The SMILES string of the molecule is CCCN(C(=O)NCC)[Si](OC)(OC)OC. The molecule has 1 N–H and O–H groups in total. The summed E-state index contributed by atoms with van der Waals surface area (Å²) in [7, 11) is 1.41. The number of amides is 2. The molecule has 0 fully saturated rings. The van der Waals surface area contributed by atoms with Crippen molar-refractivity contribution in [1.82, 2.24) is 9.88 Å². The van der Waals surface area contributed by atoms with E-state index >= 15 is 0 Å². The van der Waals surface area contributed by atoms with Gasteiger partial charge < -0.3 is 18.6 Å². The van der Waals surface area contributed by atoms with Gasteiger partial charge >= 0.3 is 15.0 Å². The summed E-state index contributed by atoms with van der Waals surface area (Å²) >= 11 is 0. The first-order valence-corrected chi connectivity index (χ1v) is 6.99. The van der Waals surface area contributed by atoms with E-state index in [9.17, 15) is 4.79 Å². The van der Waals surface area contributed by atoms with E-state index in [0.717, 1.165) is 6.42 Å². The normalized spacial score (nSPS) is 11.3. The maximum Gasteiger partial charge on any atom is 0.636 e. The molecular formula is C9H22N2O4Si. The monoisotopic (exact) mass is 250 g/mol. The van der Waals surface area contributed by atoms with Gasteiger partial charge in [0.05, 0.1) is 0 Å². The second-order valence-electron chi connectivity index (χ2n) is 3.12. The molecule has 16 heavy (non-hydrogen) atoms. The molecule has 6 nitrogen and oxygen atoms in total. The maximum absolute atomic E-state index is 11.9. The zero-order valence-corrected chi connectivity index (χ0v) is 11.7. The Morgan fingerprint density at radius 1 is 1.19 bits per heavy atom. The third-order valence-electron chi connectivity index (χ3n) is 2.12. The van der Waals surface area contributed by atoms with Crippen molar-refractivity contribution in [3.8, 4) is 0 Å². The van der Waals surface area contributed by atoms with E-state index in [4.69, 9.17) is 13.3 Å². The summed E-state index contributed by atoms with van der Waals surface area (Å²) in [4.78, 5) is 11.9. The highest BCUT2D eigenvalue weighted by Gasteiger charge is 2.49. The van der Waals surface area contributed by atoms with Crippen LogP contribution in [0.1, 0.15) is 20.3 Å². The molecule has 0 unspecified atom stereocenters. The number of nitrogens with zero attached hydrogens (tertiary/aromatic N) is 1. The van der Waals surface area contributed by atoms with Crippen LogP contribution in [0.25, 0.3) is 0 Å². The molecule has 0 spiro atoms. The predicted octanol–water partition coefficient (Wildman–Crippen LogP) is 0.803. The Morgan fingerprint density at radius 3 is 2.00 bits per heavy atom. The summed E-state index contributed by atoms with van der Waals surface area (Å²) in [6.07, 6.45) is 0.808. The molecule has 0 aliphatic rings. The molecule has 96 valence electrons. The fraction of sp³-hybridized carbons (Fsp3) is 0.889. The van der Waals surface area contributed by atoms with Crippen LogP contribution in [-0.2, 0) is 13.3 Å². The molecule has 0 radical (unpaired) electrons. The van der Waals surface area contributed by atoms with Gasteiger partial charge in [0.25, 0.3) is 0 Å². The van der Waals surface area contributed by atoms with E-state index in [2.05, 4.69) is 5.32 Å². The molecule has 2 amide bonds. The number of hydrogen-bond acceptors (Lipinski definition) is 4. The van der Waals surface area contributed by atoms with Gasteiger partial charge in [-0.3, -0.25) is 4.57 Å². The van der Waals surface area contributed by atoms with E-state index in [1.807, 2.05) is 13.8 Å². The Hall–Kier alpha value is -0.633. The van der Waals surface area contributed by atoms with Crippen molar-refractivity contribution >= 4 is 15.0 Å². The molecule has 0 saturated heterocycles. The topological polar surface area (TPSA) is 60.0 Å². The molecule has 0 aliphatic heterocycles. The highest BCUT2D eigenvalue weighted by atomic mass is 28.4. The van der Waals surface area contributed by atoms with Crippen LogP contribution in [-0.4, -0.2) is 54.0 Å². The molecular weight excluding hydrogens is 228 g/mol. The number of carbonyl (C=O) groups excluding carboxylic acids is 1. The van der Waals surface area contributed by atoms with E-state index < -0.39 is 8.97 Å². The van der Waals surface area contributed by atoms with Crippen molar-refractivity contribution in [1.29, 1.82) is 0 Å². The van der Waals surface area contributed by atoms with Gasteiger partial charge in [-0.15, -0.1) is 0 Å². The maximum atomic E-state index is 11.9. The zero-order chi connectivity index (χ0) is 12.6. The van der Waals surface area contributed by atoms with Crippen LogP contribution in [0.15, 0.2) is 0 Å². The highest BCUT2D eigenvalue weighted by molar-refractivity contribution is 6.60. The second-order valence-corrected chi connectivity index (χ2v) is 5.94. The first-order chi connectivity index (χ1) is 7.61. The van der Waals surface area contributed by atoms with Crippen molar-refractivity contribution in [2.24, 2.45) is 0 Å². The third-order valence-corrected chi connectivity index (χ3v) is 4.76. The molecule has 0 heterocycles. The lowest BCUT2D eigenvalue weighted by molar-refractivity contribution is 0.0683. The van der Waals surface area contributed by atoms with Crippen LogP contribution < -0.4 is 5.32 Å². The van der Waals surface area contributed by atoms with Gasteiger partial charge in [-0.1, -0.05) is 6.92 Å². The zero-order valence-electron chi connectivity index (χ0n) is 10.7. The Bertz CT molecular complexity index is 203. The second kappa shape index (κ2) is 7.61. The first-order valence-electron chi connectivity index (χ1n) is 5.32. The number of hydrogen-bond donors (Lipinski definition) is 1. The van der Waals surface area contributed by atoms with E-state index in [-0.39, 0.29) is 6.03 Å².